The Morgan fingerprint density at radius 2 is 2.00 bits per heavy atom. The summed E-state index contributed by atoms with van der Waals surface area (Å²) in [5.41, 5.74) is 2.48. The van der Waals surface area contributed by atoms with Crippen molar-refractivity contribution in [3.05, 3.63) is 47.1 Å². The SMILES string of the molecule is CCc1noc(CCC(=O)N2CCO[C@H](C(=O)N3CCc4ccccc4C3)C2)n1. The quantitative estimate of drug-likeness (QED) is 0.756. The van der Waals surface area contributed by atoms with Gasteiger partial charge in [-0.1, -0.05) is 36.3 Å². The molecule has 8 nitrogen and oxygen atoms in total. The van der Waals surface area contributed by atoms with Gasteiger partial charge in [0.2, 0.25) is 11.8 Å². The number of hydrogen-bond acceptors (Lipinski definition) is 6. The molecule has 2 aliphatic heterocycles. The summed E-state index contributed by atoms with van der Waals surface area (Å²) in [6, 6.07) is 8.20. The van der Waals surface area contributed by atoms with Gasteiger partial charge in [-0.25, -0.2) is 0 Å². The maximum Gasteiger partial charge on any atom is 0.253 e. The summed E-state index contributed by atoms with van der Waals surface area (Å²) in [6.45, 7) is 4.38. The standard InChI is InChI=1S/C21H26N4O4/c1-2-18-22-19(29-23-18)7-8-20(26)24-11-12-28-17(14-24)21(27)25-10-9-15-5-3-4-6-16(15)13-25/h3-6,17H,2,7-14H2,1H3/t17-/m0/s1. The van der Waals surface area contributed by atoms with Crippen LogP contribution in [0.4, 0.5) is 0 Å². The second-order valence-electron chi connectivity index (χ2n) is 7.44. The van der Waals surface area contributed by atoms with Crippen LogP contribution in [0.5, 0.6) is 0 Å². The molecular formula is C21H26N4O4. The fourth-order valence-electron chi connectivity index (χ4n) is 3.82. The van der Waals surface area contributed by atoms with E-state index in [0.717, 1.165) is 6.42 Å². The van der Waals surface area contributed by atoms with E-state index in [0.29, 0.717) is 57.3 Å². The number of rotatable bonds is 5. The molecule has 1 aromatic carbocycles. The van der Waals surface area contributed by atoms with Gasteiger partial charge >= 0.3 is 0 Å². The molecule has 0 bridgehead atoms. The summed E-state index contributed by atoms with van der Waals surface area (Å²) < 4.78 is 10.9. The van der Waals surface area contributed by atoms with Crippen molar-refractivity contribution in [2.45, 2.75) is 45.3 Å². The minimum atomic E-state index is -0.604. The van der Waals surface area contributed by atoms with E-state index >= 15 is 0 Å². The van der Waals surface area contributed by atoms with E-state index in [9.17, 15) is 9.59 Å². The number of hydrogen-bond donors (Lipinski definition) is 0. The summed E-state index contributed by atoms with van der Waals surface area (Å²) in [5, 5.41) is 3.85. The van der Waals surface area contributed by atoms with Crippen LogP contribution in [0, 0.1) is 0 Å². The van der Waals surface area contributed by atoms with Gasteiger partial charge < -0.3 is 19.1 Å². The molecule has 29 heavy (non-hydrogen) atoms. The molecule has 4 rings (SSSR count). The van der Waals surface area contributed by atoms with Crippen LogP contribution >= 0.6 is 0 Å². The van der Waals surface area contributed by atoms with E-state index in [4.69, 9.17) is 9.26 Å². The zero-order valence-electron chi connectivity index (χ0n) is 16.7. The fraction of sp³-hybridized carbons (Fsp3) is 0.524. The lowest BCUT2D eigenvalue weighted by Gasteiger charge is -2.36. The van der Waals surface area contributed by atoms with Gasteiger partial charge in [-0.05, 0) is 17.5 Å². The summed E-state index contributed by atoms with van der Waals surface area (Å²) in [5.74, 6) is 1.06. The number of aryl methyl sites for hydroxylation is 2. The van der Waals surface area contributed by atoms with Gasteiger partial charge in [0, 0.05) is 38.9 Å². The molecule has 0 spiro atoms. The zero-order valence-corrected chi connectivity index (χ0v) is 16.7. The Bertz CT molecular complexity index is 881. The highest BCUT2D eigenvalue weighted by atomic mass is 16.5. The largest absolute Gasteiger partial charge is 0.365 e. The van der Waals surface area contributed by atoms with Crippen molar-refractivity contribution in [1.29, 1.82) is 0 Å². The molecule has 0 aliphatic carbocycles. The predicted octanol–water partition coefficient (Wildman–Crippen LogP) is 1.38. The molecule has 1 saturated heterocycles. The van der Waals surface area contributed by atoms with Gasteiger partial charge in [-0.3, -0.25) is 9.59 Å². The Hall–Kier alpha value is -2.74. The fourth-order valence-corrected chi connectivity index (χ4v) is 3.82. The van der Waals surface area contributed by atoms with Crippen molar-refractivity contribution >= 4 is 11.8 Å². The molecule has 154 valence electrons. The lowest BCUT2D eigenvalue weighted by molar-refractivity contribution is -0.155. The first-order chi connectivity index (χ1) is 14.1. The molecular weight excluding hydrogens is 372 g/mol. The average molecular weight is 398 g/mol. The van der Waals surface area contributed by atoms with Crippen LogP contribution in [0.15, 0.2) is 28.8 Å². The number of morpholine rings is 1. The minimum absolute atomic E-state index is 0.0219. The third-order valence-corrected chi connectivity index (χ3v) is 5.52. The Labute approximate surface area is 169 Å². The average Bonchev–Trinajstić information content (AvgIpc) is 3.25. The lowest BCUT2D eigenvalue weighted by atomic mass is 9.99. The number of nitrogens with zero attached hydrogens (tertiary/aromatic N) is 4. The molecule has 0 radical (unpaired) electrons. The third kappa shape index (κ3) is 4.48. The number of carbonyl (C=O) groups is 2. The minimum Gasteiger partial charge on any atom is -0.365 e. The molecule has 0 saturated carbocycles. The first-order valence-electron chi connectivity index (χ1n) is 10.2. The maximum absolute atomic E-state index is 13.0. The number of carbonyl (C=O) groups excluding carboxylic acids is 2. The maximum atomic E-state index is 13.0. The highest BCUT2D eigenvalue weighted by Crippen LogP contribution is 2.20. The summed E-state index contributed by atoms with van der Waals surface area (Å²) in [7, 11) is 0. The van der Waals surface area contributed by atoms with Crippen LogP contribution in [0.25, 0.3) is 0 Å². The monoisotopic (exact) mass is 398 g/mol. The number of ether oxygens (including phenoxy) is 1. The van der Waals surface area contributed by atoms with Crippen LogP contribution in [0.3, 0.4) is 0 Å². The Morgan fingerprint density at radius 3 is 2.79 bits per heavy atom. The van der Waals surface area contributed by atoms with Crippen molar-refractivity contribution in [1.82, 2.24) is 19.9 Å². The van der Waals surface area contributed by atoms with Crippen molar-refractivity contribution in [3.63, 3.8) is 0 Å². The first-order valence-corrected chi connectivity index (χ1v) is 10.2. The zero-order chi connectivity index (χ0) is 20.2. The predicted molar refractivity (Wildman–Crippen MR) is 104 cm³/mol. The summed E-state index contributed by atoms with van der Waals surface area (Å²) in [6.07, 6.45) is 1.63. The van der Waals surface area contributed by atoms with Crippen LogP contribution < -0.4 is 0 Å². The summed E-state index contributed by atoms with van der Waals surface area (Å²) >= 11 is 0. The van der Waals surface area contributed by atoms with Crippen molar-refractivity contribution in [3.8, 4) is 0 Å². The Balaban J connectivity index is 1.31. The Kier molecular flexibility index (Phi) is 5.89. The van der Waals surface area contributed by atoms with Crippen molar-refractivity contribution in [2.24, 2.45) is 0 Å². The van der Waals surface area contributed by atoms with Crippen LogP contribution in [0.1, 0.15) is 36.2 Å². The van der Waals surface area contributed by atoms with E-state index in [-0.39, 0.29) is 18.2 Å². The van der Waals surface area contributed by atoms with Crippen LogP contribution in [-0.4, -0.2) is 64.1 Å². The molecule has 8 heteroatoms. The Morgan fingerprint density at radius 1 is 1.17 bits per heavy atom. The molecule has 2 amide bonds. The number of amides is 2. The number of fused-ring (bicyclic) bond motifs is 1. The van der Waals surface area contributed by atoms with Gasteiger partial charge in [0.1, 0.15) is 0 Å². The molecule has 1 aromatic heterocycles. The topological polar surface area (TPSA) is 88.8 Å². The molecule has 0 N–H and O–H groups in total. The third-order valence-electron chi connectivity index (χ3n) is 5.52. The van der Waals surface area contributed by atoms with Gasteiger partial charge in [0.05, 0.1) is 13.2 Å². The highest BCUT2D eigenvalue weighted by Gasteiger charge is 2.33. The molecule has 0 unspecified atom stereocenters. The van der Waals surface area contributed by atoms with Gasteiger partial charge in [-0.15, -0.1) is 0 Å². The van der Waals surface area contributed by atoms with Crippen molar-refractivity contribution < 1.29 is 18.8 Å². The second-order valence-corrected chi connectivity index (χ2v) is 7.44. The van der Waals surface area contributed by atoms with E-state index in [1.165, 1.54) is 11.1 Å². The molecule has 2 aromatic rings. The summed E-state index contributed by atoms with van der Waals surface area (Å²) in [4.78, 5) is 33.4. The van der Waals surface area contributed by atoms with E-state index in [1.807, 2.05) is 24.0 Å². The first kappa shape index (κ1) is 19.6. The molecule has 1 atom stereocenters. The number of benzene rings is 1. The second kappa shape index (κ2) is 8.73. The normalized spacial score (nSPS) is 19.1. The smallest absolute Gasteiger partial charge is 0.253 e. The van der Waals surface area contributed by atoms with E-state index in [2.05, 4.69) is 22.3 Å². The van der Waals surface area contributed by atoms with E-state index in [1.54, 1.807) is 4.90 Å². The molecule has 3 heterocycles. The van der Waals surface area contributed by atoms with Crippen LogP contribution in [0.2, 0.25) is 0 Å². The van der Waals surface area contributed by atoms with Crippen LogP contribution in [-0.2, 0) is 40.1 Å². The molecule has 2 aliphatic rings. The van der Waals surface area contributed by atoms with Gasteiger partial charge in [-0.2, -0.15) is 4.98 Å². The lowest BCUT2D eigenvalue weighted by Crippen LogP contribution is -2.53. The van der Waals surface area contributed by atoms with Gasteiger partial charge in [0.15, 0.2) is 11.9 Å². The number of aromatic nitrogens is 2. The highest BCUT2D eigenvalue weighted by molar-refractivity contribution is 5.83. The van der Waals surface area contributed by atoms with Gasteiger partial charge in [0.25, 0.3) is 5.91 Å². The van der Waals surface area contributed by atoms with Crippen molar-refractivity contribution in [2.75, 3.05) is 26.2 Å². The van der Waals surface area contributed by atoms with E-state index < -0.39 is 6.10 Å². The molecule has 1 fully saturated rings.